The normalized spacial score (nSPS) is 16.2. The number of hydrogen-bond acceptors (Lipinski definition) is 3. The highest BCUT2D eigenvalue weighted by Crippen LogP contribution is 2.28. The summed E-state index contributed by atoms with van der Waals surface area (Å²) < 4.78 is 0. The molecule has 1 aromatic heterocycles. The second-order valence-corrected chi connectivity index (χ2v) is 5.37. The number of thiazole rings is 1. The molecule has 2 heterocycles. The Labute approximate surface area is 85.6 Å². The van der Waals surface area contributed by atoms with E-state index in [2.05, 4.69) is 4.98 Å². The highest BCUT2D eigenvalue weighted by molar-refractivity contribution is 7.11. The topological polar surface area (TPSA) is 53.2 Å². The lowest BCUT2D eigenvalue weighted by Gasteiger charge is -2.31. The molecule has 0 bridgehead atoms. The van der Waals surface area contributed by atoms with Gasteiger partial charge in [-0.3, -0.25) is 9.59 Å². The van der Waals surface area contributed by atoms with E-state index in [4.69, 9.17) is 0 Å². The summed E-state index contributed by atoms with van der Waals surface area (Å²) in [5, 5.41) is 0. The number of aromatic nitrogens is 1. The maximum absolute atomic E-state index is 11.8. The third-order valence-corrected chi connectivity index (χ3v) is 3.20. The Hall–Kier alpha value is -1.10. The van der Waals surface area contributed by atoms with E-state index in [1.54, 1.807) is 4.90 Å². The van der Waals surface area contributed by atoms with E-state index in [1.165, 1.54) is 0 Å². The molecule has 1 amide bonds. The van der Waals surface area contributed by atoms with E-state index in [0.717, 1.165) is 17.0 Å². The van der Waals surface area contributed by atoms with Crippen molar-refractivity contribution in [2.45, 2.75) is 32.9 Å². The number of hydrogen-bond donors (Lipinski definition) is 1. The van der Waals surface area contributed by atoms with Gasteiger partial charge in [-0.2, -0.15) is 0 Å². The maximum Gasteiger partial charge on any atom is 0.305 e. The van der Waals surface area contributed by atoms with Crippen LogP contribution in [0.25, 0.3) is 0 Å². The van der Waals surface area contributed by atoms with Crippen LogP contribution in [0.2, 0.25) is 0 Å². The van der Waals surface area contributed by atoms with Gasteiger partial charge in [0.25, 0.3) is 5.91 Å². The monoisotopic (exact) mass is 212 g/mol. The first-order valence-corrected chi connectivity index (χ1v) is 5.25. The number of carbonyl (C=O) groups is 1. The molecule has 2 rings (SSSR count). The zero-order chi connectivity index (χ0) is 10.5. The Balaban J connectivity index is 2.41. The number of nitrogens with zero attached hydrogens (tertiary/aromatic N) is 1. The molecule has 1 N–H and O–H groups in total. The van der Waals surface area contributed by atoms with Gasteiger partial charge in [0.2, 0.25) is 0 Å². The van der Waals surface area contributed by atoms with Gasteiger partial charge in [0.05, 0.1) is 12.2 Å². The first-order valence-electron chi connectivity index (χ1n) is 4.43. The van der Waals surface area contributed by atoms with Crippen LogP contribution < -0.4 is 4.87 Å². The maximum atomic E-state index is 11.8. The highest BCUT2D eigenvalue weighted by Gasteiger charge is 2.36. The lowest BCUT2D eigenvalue weighted by atomic mass is 10.1. The second kappa shape index (κ2) is 2.70. The van der Waals surface area contributed by atoms with Gasteiger partial charge in [-0.25, -0.2) is 0 Å². The van der Waals surface area contributed by atoms with Crippen molar-refractivity contribution in [3.8, 4) is 0 Å². The Bertz CT molecular complexity index is 438. The number of fused-ring (bicyclic) bond motifs is 1. The van der Waals surface area contributed by atoms with Crippen molar-refractivity contribution >= 4 is 17.2 Å². The first-order chi connectivity index (χ1) is 6.39. The molecule has 0 atom stereocenters. The molecule has 0 unspecified atom stereocenters. The van der Waals surface area contributed by atoms with E-state index < -0.39 is 0 Å². The number of amides is 1. The molecule has 0 spiro atoms. The minimum atomic E-state index is -0.188. The summed E-state index contributed by atoms with van der Waals surface area (Å²) in [4.78, 5) is 27.7. The fourth-order valence-corrected chi connectivity index (χ4v) is 2.33. The van der Waals surface area contributed by atoms with Crippen molar-refractivity contribution in [1.29, 1.82) is 0 Å². The molecule has 76 valence electrons. The molecular formula is C9H12N2O2S. The van der Waals surface area contributed by atoms with Gasteiger partial charge in [0.1, 0.15) is 4.88 Å². The molecule has 0 aliphatic carbocycles. The minimum Gasteiger partial charge on any atom is -0.327 e. The largest absolute Gasteiger partial charge is 0.327 e. The molecule has 14 heavy (non-hydrogen) atoms. The molecule has 0 saturated carbocycles. The zero-order valence-corrected chi connectivity index (χ0v) is 9.20. The lowest BCUT2D eigenvalue weighted by molar-refractivity contribution is 0.0611. The van der Waals surface area contributed by atoms with Gasteiger partial charge >= 0.3 is 4.87 Å². The predicted octanol–water partition coefficient (Wildman–Crippen LogP) is 1.19. The highest BCUT2D eigenvalue weighted by atomic mass is 32.1. The van der Waals surface area contributed by atoms with Crippen LogP contribution in [0.5, 0.6) is 0 Å². The smallest absolute Gasteiger partial charge is 0.305 e. The Kier molecular flexibility index (Phi) is 1.82. The number of nitrogens with one attached hydrogen (secondary N) is 1. The molecule has 0 fully saturated rings. The summed E-state index contributed by atoms with van der Waals surface area (Å²) in [5.41, 5.74) is 0.576. The number of rotatable bonds is 0. The molecule has 1 aliphatic heterocycles. The van der Waals surface area contributed by atoms with Crippen LogP contribution in [-0.2, 0) is 6.54 Å². The van der Waals surface area contributed by atoms with Gasteiger partial charge in [-0.1, -0.05) is 11.3 Å². The Morgan fingerprint density at radius 3 is 2.50 bits per heavy atom. The van der Waals surface area contributed by atoms with Crippen LogP contribution in [0.4, 0.5) is 0 Å². The van der Waals surface area contributed by atoms with Crippen LogP contribution in [0.15, 0.2) is 4.79 Å². The molecular weight excluding hydrogens is 200 g/mol. The van der Waals surface area contributed by atoms with Crippen LogP contribution in [-0.4, -0.2) is 21.3 Å². The van der Waals surface area contributed by atoms with Crippen molar-refractivity contribution in [1.82, 2.24) is 9.88 Å². The van der Waals surface area contributed by atoms with Crippen LogP contribution in [0.1, 0.15) is 36.1 Å². The van der Waals surface area contributed by atoms with Crippen LogP contribution in [0, 0.1) is 0 Å². The van der Waals surface area contributed by atoms with Crippen LogP contribution in [0.3, 0.4) is 0 Å². The molecule has 0 radical (unpaired) electrons. The fraction of sp³-hybridized carbons (Fsp3) is 0.556. The summed E-state index contributed by atoms with van der Waals surface area (Å²) in [6.45, 7) is 6.48. The van der Waals surface area contributed by atoms with Crippen LogP contribution >= 0.6 is 11.3 Å². The summed E-state index contributed by atoms with van der Waals surface area (Å²) in [6.07, 6.45) is 0. The third-order valence-electron chi connectivity index (χ3n) is 2.29. The van der Waals surface area contributed by atoms with Gasteiger partial charge in [0, 0.05) is 5.54 Å². The standard InChI is InChI=1S/C9H12N2O2S/c1-9(2,3)11-4-5-6(7(11)12)14-8(13)10-5/h4H2,1-3H3,(H,10,13). The Morgan fingerprint density at radius 2 is 2.00 bits per heavy atom. The minimum absolute atomic E-state index is 0.0316. The van der Waals surface area contributed by atoms with Crippen molar-refractivity contribution in [3.05, 3.63) is 20.2 Å². The lowest BCUT2D eigenvalue weighted by Crippen LogP contribution is -2.41. The number of carbonyl (C=O) groups excluding carboxylic acids is 1. The molecule has 0 saturated heterocycles. The molecule has 1 aromatic rings. The average molecular weight is 212 g/mol. The first kappa shape index (κ1) is 9.45. The fourth-order valence-electron chi connectivity index (χ4n) is 1.54. The van der Waals surface area contributed by atoms with Gasteiger partial charge in [-0.05, 0) is 20.8 Å². The van der Waals surface area contributed by atoms with Gasteiger partial charge in [-0.15, -0.1) is 0 Å². The number of H-pyrrole nitrogens is 1. The van der Waals surface area contributed by atoms with E-state index >= 15 is 0 Å². The summed E-state index contributed by atoms with van der Waals surface area (Å²) >= 11 is 1.00. The summed E-state index contributed by atoms with van der Waals surface area (Å²) in [6, 6.07) is 0. The summed E-state index contributed by atoms with van der Waals surface area (Å²) in [5.74, 6) is -0.0316. The quantitative estimate of drug-likeness (QED) is 0.702. The van der Waals surface area contributed by atoms with Gasteiger partial charge < -0.3 is 9.88 Å². The SMILES string of the molecule is CC(C)(C)N1Cc2[nH]c(=O)sc2C1=O. The Morgan fingerprint density at radius 1 is 1.36 bits per heavy atom. The average Bonchev–Trinajstić information content (AvgIpc) is 2.49. The second-order valence-electron chi connectivity index (χ2n) is 4.38. The van der Waals surface area contributed by atoms with Crippen molar-refractivity contribution in [2.75, 3.05) is 0 Å². The zero-order valence-electron chi connectivity index (χ0n) is 8.38. The van der Waals surface area contributed by atoms with Gasteiger partial charge in [0.15, 0.2) is 0 Å². The van der Waals surface area contributed by atoms with Crippen molar-refractivity contribution < 1.29 is 4.79 Å². The molecule has 5 heteroatoms. The van der Waals surface area contributed by atoms with E-state index in [9.17, 15) is 9.59 Å². The van der Waals surface area contributed by atoms with Crippen molar-refractivity contribution in [2.24, 2.45) is 0 Å². The summed E-state index contributed by atoms with van der Waals surface area (Å²) in [7, 11) is 0. The van der Waals surface area contributed by atoms with E-state index in [-0.39, 0.29) is 16.3 Å². The third kappa shape index (κ3) is 1.28. The predicted molar refractivity (Wildman–Crippen MR) is 54.6 cm³/mol. The van der Waals surface area contributed by atoms with Crippen molar-refractivity contribution in [3.63, 3.8) is 0 Å². The van der Waals surface area contributed by atoms with E-state index in [1.807, 2.05) is 20.8 Å². The molecule has 1 aliphatic rings. The number of aromatic amines is 1. The van der Waals surface area contributed by atoms with E-state index in [0.29, 0.717) is 11.4 Å². The molecule has 0 aromatic carbocycles. The molecule has 4 nitrogen and oxygen atoms in total.